The number of ketones is 1. The van der Waals surface area contributed by atoms with Crippen molar-refractivity contribution in [3.05, 3.63) is 53.6 Å². The van der Waals surface area contributed by atoms with Crippen molar-refractivity contribution in [3.63, 3.8) is 0 Å². The first kappa shape index (κ1) is 17.4. The Morgan fingerprint density at radius 3 is 1.96 bits per heavy atom. The summed E-state index contributed by atoms with van der Waals surface area (Å²) >= 11 is 0. The van der Waals surface area contributed by atoms with E-state index in [-0.39, 0.29) is 5.78 Å². The fourth-order valence-electron chi connectivity index (χ4n) is 2.29. The highest BCUT2D eigenvalue weighted by atomic mass is 16.5. The van der Waals surface area contributed by atoms with Crippen molar-refractivity contribution in [1.29, 1.82) is 0 Å². The topological polar surface area (TPSA) is 54.0 Å². The van der Waals surface area contributed by atoms with Crippen molar-refractivity contribution in [1.82, 2.24) is 0 Å². The first-order valence-corrected chi connectivity index (χ1v) is 7.30. The van der Waals surface area contributed by atoms with Crippen LogP contribution < -0.4 is 18.9 Å². The lowest BCUT2D eigenvalue weighted by Crippen LogP contribution is -2.00. The van der Waals surface area contributed by atoms with E-state index >= 15 is 0 Å². The Labute approximate surface area is 141 Å². The Hall–Kier alpha value is -2.95. The van der Waals surface area contributed by atoms with E-state index in [2.05, 4.69) is 0 Å². The van der Waals surface area contributed by atoms with Crippen LogP contribution >= 0.6 is 0 Å². The van der Waals surface area contributed by atoms with Gasteiger partial charge in [-0.2, -0.15) is 0 Å². The molecule has 0 unspecified atom stereocenters. The highest BCUT2D eigenvalue weighted by Crippen LogP contribution is 2.38. The highest BCUT2D eigenvalue weighted by Gasteiger charge is 2.15. The largest absolute Gasteiger partial charge is 0.496 e. The van der Waals surface area contributed by atoms with Gasteiger partial charge in [0.1, 0.15) is 5.75 Å². The monoisotopic (exact) mass is 328 g/mol. The predicted molar refractivity (Wildman–Crippen MR) is 92.5 cm³/mol. The normalized spacial score (nSPS) is 10.5. The second-order valence-electron chi connectivity index (χ2n) is 4.85. The molecule has 0 aromatic heterocycles. The predicted octanol–water partition coefficient (Wildman–Crippen LogP) is 3.62. The summed E-state index contributed by atoms with van der Waals surface area (Å²) in [5.74, 6) is 1.84. The van der Waals surface area contributed by atoms with Gasteiger partial charge in [0, 0.05) is 11.1 Å². The number of hydrogen-bond acceptors (Lipinski definition) is 5. The molecule has 0 fully saturated rings. The quantitative estimate of drug-likeness (QED) is 0.574. The van der Waals surface area contributed by atoms with E-state index < -0.39 is 0 Å². The van der Waals surface area contributed by atoms with Crippen molar-refractivity contribution in [2.45, 2.75) is 0 Å². The summed E-state index contributed by atoms with van der Waals surface area (Å²) in [5.41, 5.74) is 1.26. The van der Waals surface area contributed by atoms with E-state index in [4.69, 9.17) is 18.9 Å². The average molecular weight is 328 g/mol. The molecule has 0 saturated heterocycles. The van der Waals surface area contributed by atoms with Gasteiger partial charge in [0.2, 0.25) is 5.75 Å². The number of carbonyl (C=O) groups is 1. The van der Waals surface area contributed by atoms with Gasteiger partial charge in [-0.15, -0.1) is 0 Å². The lowest BCUT2D eigenvalue weighted by Gasteiger charge is -2.13. The summed E-state index contributed by atoms with van der Waals surface area (Å²) in [7, 11) is 6.13. The first-order chi connectivity index (χ1) is 11.6. The molecule has 2 rings (SSSR count). The zero-order valence-electron chi connectivity index (χ0n) is 14.2. The number of hydrogen-bond donors (Lipinski definition) is 0. The van der Waals surface area contributed by atoms with Crippen molar-refractivity contribution >= 4 is 11.9 Å². The smallest absolute Gasteiger partial charge is 0.203 e. The minimum atomic E-state index is -0.180. The molecule has 5 nitrogen and oxygen atoms in total. The SMILES string of the molecule is COc1ccccc1/C=C/C(=O)c1cc(OC)c(OC)c(OC)c1. The maximum Gasteiger partial charge on any atom is 0.203 e. The molecule has 2 aromatic rings. The third-order valence-electron chi connectivity index (χ3n) is 3.50. The third-order valence-corrected chi connectivity index (χ3v) is 3.50. The summed E-state index contributed by atoms with van der Waals surface area (Å²) in [6, 6.07) is 10.7. The number of ether oxygens (including phenoxy) is 4. The Balaban J connectivity index is 2.34. The van der Waals surface area contributed by atoms with Crippen LogP contribution in [0.5, 0.6) is 23.0 Å². The first-order valence-electron chi connectivity index (χ1n) is 7.30. The van der Waals surface area contributed by atoms with Crippen LogP contribution in [0.25, 0.3) is 6.08 Å². The van der Waals surface area contributed by atoms with E-state index in [0.717, 1.165) is 5.56 Å². The molecule has 5 heteroatoms. The van der Waals surface area contributed by atoms with Gasteiger partial charge in [-0.3, -0.25) is 4.79 Å². The zero-order valence-corrected chi connectivity index (χ0v) is 14.2. The molecule has 24 heavy (non-hydrogen) atoms. The molecule has 0 aliphatic heterocycles. The Kier molecular flexibility index (Phi) is 5.84. The summed E-state index contributed by atoms with van der Waals surface area (Å²) in [5, 5.41) is 0. The molecule has 0 spiro atoms. The molecule has 126 valence electrons. The van der Waals surface area contributed by atoms with Gasteiger partial charge in [-0.05, 0) is 30.4 Å². The number of rotatable bonds is 7. The fourth-order valence-corrected chi connectivity index (χ4v) is 2.29. The molecule has 0 heterocycles. The van der Waals surface area contributed by atoms with Crippen LogP contribution in [0.4, 0.5) is 0 Å². The van der Waals surface area contributed by atoms with Crippen LogP contribution in [-0.2, 0) is 0 Å². The van der Waals surface area contributed by atoms with Crippen molar-refractivity contribution in [2.24, 2.45) is 0 Å². The van der Waals surface area contributed by atoms with Crippen LogP contribution in [0.1, 0.15) is 15.9 Å². The summed E-state index contributed by atoms with van der Waals surface area (Å²) in [6.45, 7) is 0. The number of allylic oxidation sites excluding steroid dienone is 1. The minimum Gasteiger partial charge on any atom is -0.496 e. The fraction of sp³-hybridized carbons (Fsp3) is 0.211. The van der Waals surface area contributed by atoms with Gasteiger partial charge < -0.3 is 18.9 Å². The van der Waals surface area contributed by atoms with Gasteiger partial charge in [-0.1, -0.05) is 18.2 Å². The van der Waals surface area contributed by atoms with Gasteiger partial charge in [0.15, 0.2) is 17.3 Å². The van der Waals surface area contributed by atoms with Crippen LogP contribution in [0, 0.1) is 0 Å². The van der Waals surface area contributed by atoms with Crippen LogP contribution in [0.15, 0.2) is 42.5 Å². The maximum absolute atomic E-state index is 12.5. The summed E-state index contributed by atoms with van der Waals surface area (Å²) < 4.78 is 21.1. The Bertz CT molecular complexity index is 724. The number of methoxy groups -OCH3 is 4. The van der Waals surface area contributed by atoms with E-state index in [1.165, 1.54) is 27.4 Å². The van der Waals surface area contributed by atoms with Gasteiger partial charge >= 0.3 is 0 Å². The minimum absolute atomic E-state index is 0.180. The Morgan fingerprint density at radius 1 is 0.833 bits per heavy atom. The lowest BCUT2D eigenvalue weighted by molar-refractivity contribution is 0.104. The van der Waals surface area contributed by atoms with Gasteiger partial charge in [-0.25, -0.2) is 0 Å². The lowest BCUT2D eigenvalue weighted by atomic mass is 10.1. The highest BCUT2D eigenvalue weighted by molar-refractivity contribution is 6.07. The van der Waals surface area contributed by atoms with E-state index in [0.29, 0.717) is 28.6 Å². The van der Waals surface area contributed by atoms with Crippen LogP contribution in [-0.4, -0.2) is 34.2 Å². The Morgan fingerprint density at radius 2 is 1.42 bits per heavy atom. The molecular weight excluding hydrogens is 308 g/mol. The average Bonchev–Trinajstić information content (AvgIpc) is 2.64. The molecule has 0 atom stereocenters. The van der Waals surface area contributed by atoms with E-state index in [1.807, 2.05) is 24.3 Å². The maximum atomic E-state index is 12.5. The standard InChI is InChI=1S/C19H20O5/c1-21-16-8-6-5-7-13(16)9-10-15(20)14-11-17(22-2)19(24-4)18(12-14)23-3/h5-12H,1-4H3/b10-9+. The van der Waals surface area contributed by atoms with Crippen LogP contribution in [0.3, 0.4) is 0 Å². The molecule has 0 amide bonds. The van der Waals surface area contributed by atoms with Crippen LogP contribution in [0.2, 0.25) is 0 Å². The van der Waals surface area contributed by atoms with Crippen molar-refractivity contribution in [2.75, 3.05) is 28.4 Å². The van der Waals surface area contributed by atoms with E-state index in [9.17, 15) is 4.79 Å². The second-order valence-corrected chi connectivity index (χ2v) is 4.85. The molecular formula is C19H20O5. The van der Waals surface area contributed by atoms with Crippen molar-refractivity contribution < 1.29 is 23.7 Å². The van der Waals surface area contributed by atoms with Crippen molar-refractivity contribution in [3.8, 4) is 23.0 Å². The van der Waals surface area contributed by atoms with Gasteiger partial charge in [0.05, 0.1) is 28.4 Å². The molecule has 0 saturated carbocycles. The number of benzene rings is 2. The molecule has 0 N–H and O–H groups in total. The molecule has 0 bridgehead atoms. The molecule has 0 aliphatic rings. The van der Waals surface area contributed by atoms with Gasteiger partial charge in [0.25, 0.3) is 0 Å². The molecule has 2 aromatic carbocycles. The van der Waals surface area contributed by atoms with E-state index in [1.54, 1.807) is 25.3 Å². The second kappa shape index (κ2) is 8.06. The summed E-state index contributed by atoms with van der Waals surface area (Å²) in [4.78, 5) is 12.5. The summed E-state index contributed by atoms with van der Waals surface area (Å²) in [6.07, 6.45) is 3.20. The number of carbonyl (C=O) groups excluding carboxylic acids is 1. The molecule has 0 radical (unpaired) electrons. The third kappa shape index (κ3) is 3.68. The molecule has 0 aliphatic carbocycles. The zero-order chi connectivity index (χ0) is 17.5. The number of para-hydroxylation sites is 1.